The number of hydrogen-bond donors (Lipinski definition) is 3. The van der Waals surface area contributed by atoms with Crippen LogP contribution in [0.25, 0.3) is 0 Å². The number of likely N-dealkylation sites (N-methyl/N-ethyl adjacent to an activating group) is 1. The molecule has 0 unspecified atom stereocenters. The Morgan fingerprint density at radius 2 is 2.00 bits per heavy atom. The van der Waals surface area contributed by atoms with E-state index in [1.165, 1.54) is 12.1 Å². The van der Waals surface area contributed by atoms with Crippen LogP contribution in [-0.4, -0.2) is 62.6 Å². The van der Waals surface area contributed by atoms with E-state index in [2.05, 4.69) is 25.8 Å². The molecule has 158 valence electrons. The van der Waals surface area contributed by atoms with Gasteiger partial charge in [-0.2, -0.15) is 0 Å². The molecular formula is C19H30F2IN5O. The van der Waals surface area contributed by atoms with Crippen molar-refractivity contribution in [2.24, 2.45) is 4.99 Å². The van der Waals surface area contributed by atoms with Gasteiger partial charge in [0.2, 0.25) is 5.91 Å². The first-order chi connectivity index (χ1) is 13.0. The number of piperidine rings is 1. The van der Waals surface area contributed by atoms with Gasteiger partial charge in [-0.25, -0.2) is 8.78 Å². The van der Waals surface area contributed by atoms with Gasteiger partial charge in [0, 0.05) is 45.3 Å². The lowest BCUT2D eigenvalue weighted by atomic mass is 10.1. The van der Waals surface area contributed by atoms with Crippen molar-refractivity contribution in [2.45, 2.75) is 32.2 Å². The molecule has 1 heterocycles. The highest BCUT2D eigenvalue weighted by Crippen LogP contribution is 2.11. The third-order valence-corrected chi connectivity index (χ3v) is 4.58. The molecule has 9 heteroatoms. The summed E-state index contributed by atoms with van der Waals surface area (Å²) in [6, 6.07) is 3.90. The molecule has 1 saturated heterocycles. The summed E-state index contributed by atoms with van der Waals surface area (Å²) >= 11 is 0. The van der Waals surface area contributed by atoms with Crippen molar-refractivity contribution in [3.63, 3.8) is 0 Å². The van der Waals surface area contributed by atoms with E-state index in [4.69, 9.17) is 0 Å². The molecule has 0 aliphatic carbocycles. The summed E-state index contributed by atoms with van der Waals surface area (Å²) in [6.07, 6.45) is 2.26. The molecule has 28 heavy (non-hydrogen) atoms. The van der Waals surface area contributed by atoms with E-state index in [9.17, 15) is 13.6 Å². The number of carbonyl (C=O) groups is 1. The highest BCUT2D eigenvalue weighted by molar-refractivity contribution is 14.0. The van der Waals surface area contributed by atoms with Crippen LogP contribution in [0, 0.1) is 11.6 Å². The number of halogens is 3. The Morgan fingerprint density at radius 1 is 1.29 bits per heavy atom. The fourth-order valence-corrected chi connectivity index (χ4v) is 3.04. The highest BCUT2D eigenvalue weighted by Gasteiger charge is 2.21. The second kappa shape index (κ2) is 12.9. The van der Waals surface area contributed by atoms with Crippen LogP contribution in [-0.2, 0) is 11.2 Å². The molecular weight excluding hydrogens is 479 g/mol. The zero-order valence-electron chi connectivity index (χ0n) is 16.4. The maximum Gasteiger partial charge on any atom is 0.233 e. The number of rotatable bonds is 7. The minimum atomic E-state index is -0.572. The minimum Gasteiger partial charge on any atom is -0.358 e. The van der Waals surface area contributed by atoms with Crippen LogP contribution in [0.2, 0.25) is 0 Å². The Bertz CT molecular complexity index is 651. The second-order valence-electron chi connectivity index (χ2n) is 6.61. The number of guanidine groups is 1. The van der Waals surface area contributed by atoms with Gasteiger partial charge in [0.1, 0.15) is 11.6 Å². The second-order valence-corrected chi connectivity index (χ2v) is 6.61. The van der Waals surface area contributed by atoms with Crippen LogP contribution in [0.3, 0.4) is 0 Å². The number of carbonyl (C=O) groups excluding carboxylic acids is 1. The summed E-state index contributed by atoms with van der Waals surface area (Å²) in [5, 5.41) is 9.26. The van der Waals surface area contributed by atoms with Crippen LogP contribution in [0.1, 0.15) is 25.3 Å². The van der Waals surface area contributed by atoms with Gasteiger partial charge >= 0.3 is 0 Å². The van der Waals surface area contributed by atoms with Crippen LogP contribution in [0.5, 0.6) is 0 Å². The Labute approximate surface area is 182 Å². The van der Waals surface area contributed by atoms with Gasteiger partial charge in [-0.15, -0.1) is 24.0 Å². The third-order valence-electron chi connectivity index (χ3n) is 4.58. The summed E-state index contributed by atoms with van der Waals surface area (Å²) in [5.74, 6) is -0.377. The van der Waals surface area contributed by atoms with E-state index in [-0.39, 0.29) is 35.9 Å². The first kappa shape index (κ1) is 24.5. The van der Waals surface area contributed by atoms with Gasteiger partial charge in [0.15, 0.2) is 5.96 Å². The Balaban J connectivity index is 0.00000392. The van der Waals surface area contributed by atoms with Gasteiger partial charge in [0.25, 0.3) is 0 Å². The predicted octanol–water partition coefficient (Wildman–Crippen LogP) is 1.89. The monoisotopic (exact) mass is 509 g/mol. The standard InChI is InChI=1S/C19H29F2N5O.HI/c1-3-23-19(24-9-6-14-4-5-15(20)12-17(14)21)25-16-7-10-26(11-8-16)13-18(27)22-2;/h4-5,12,16H,3,6-11,13H2,1-2H3,(H,22,27)(H2,23,24,25);1H. The smallest absolute Gasteiger partial charge is 0.233 e. The molecule has 1 amide bonds. The molecule has 1 fully saturated rings. The quantitative estimate of drug-likeness (QED) is 0.299. The van der Waals surface area contributed by atoms with Crippen molar-refractivity contribution >= 4 is 35.8 Å². The molecule has 0 atom stereocenters. The first-order valence-corrected chi connectivity index (χ1v) is 9.43. The van der Waals surface area contributed by atoms with Gasteiger partial charge in [-0.1, -0.05) is 6.07 Å². The number of hydrogen-bond acceptors (Lipinski definition) is 3. The topological polar surface area (TPSA) is 68.8 Å². The first-order valence-electron chi connectivity index (χ1n) is 9.43. The summed E-state index contributed by atoms with van der Waals surface area (Å²) in [6.45, 7) is 5.26. The average molecular weight is 509 g/mol. The molecule has 1 aliphatic rings. The summed E-state index contributed by atoms with van der Waals surface area (Å²) in [7, 11) is 1.65. The van der Waals surface area contributed by atoms with Crippen molar-refractivity contribution in [1.29, 1.82) is 0 Å². The molecule has 1 aliphatic heterocycles. The zero-order valence-corrected chi connectivity index (χ0v) is 18.8. The van der Waals surface area contributed by atoms with E-state index in [1.807, 2.05) is 6.92 Å². The predicted molar refractivity (Wildman–Crippen MR) is 118 cm³/mol. The maximum atomic E-state index is 13.7. The van der Waals surface area contributed by atoms with Gasteiger partial charge in [-0.05, 0) is 37.8 Å². The number of aliphatic imine (C=N–C) groups is 1. The third kappa shape index (κ3) is 8.26. The molecule has 0 saturated carbocycles. The number of likely N-dealkylation sites (tertiary alicyclic amines) is 1. The molecule has 3 N–H and O–H groups in total. The minimum absolute atomic E-state index is 0. The largest absolute Gasteiger partial charge is 0.358 e. The van der Waals surface area contributed by atoms with E-state index in [1.54, 1.807) is 7.05 Å². The molecule has 0 bridgehead atoms. The van der Waals surface area contributed by atoms with Gasteiger partial charge in [0.05, 0.1) is 6.54 Å². The Hall–Kier alpha value is -1.49. The summed E-state index contributed by atoms with van der Waals surface area (Å²) in [4.78, 5) is 18.1. The van der Waals surface area contributed by atoms with Crippen molar-refractivity contribution < 1.29 is 13.6 Å². The van der Waals surface area contributed by atoms with Crippen LogP contribution in [0.15, 0.2) is 23.2 Å². The molecule has 1 aromatic carbocycles. The van der Waals surface area contributed by atoms with Crippen LogP contribution < -0.4 is 16.0 Å². The zero-order chi connectivity index (χ0) is 19.6. The Morgan fingerprint density at radius 3 is 2.61 bits per heavy atom. The lowest BCUT2D eigenvalue weighted by molar-refractivity contribution is -0.122. The number of nitrogens with one attached hydrogen (secondary N) is 3. The molecule has 1 aromatic rings. The molecule has 0 radical (unpaired) electrons. The van der Waals surface area contributed by atoms with Crippen molar-refractivity contribution in [3.8, 4) is 0 Å². The van der Waals surface area contributed by atoms with Crippen molar-refractivity contribution in [1.82, 2.24) is 20.9 Å². The molecule has 2 rings (SSSR count). The number of benzene rings is 1. The number of nitrogens with zero attached hydrogens (tertiary/aromatic N) is 2. The van der Waals surface area contributed by atoms with Crippen molar-refractivity contribution in [3.05, 3.63) is 35.4 Å². The lowest BCUT2D eigenvalue weighted by Crippen LogP contribution is -2.50. The van der Waals surface area contributed by atoms with Crippen LogP contribution >= 0.6 is 24.0 Å². The normalized spacial score (nSPS) is 15.6. The van der Waals surface area contributed by atoms with Crippen LogP contribution in [0.4, 0.5) is 8.78 Å². The van der Waals surface area contributed by atoms with Crippen molar-refractivity contribution in [2.75, 3.05) is 39.8 Å². The lowest BCUT2D eigenvalue weighted by Gasteiger charge is -2.32. The summed E-state index contributed by atoms with van der Waals surface area (Å²) < 4.78 is 26.7. The molecule has 6 nitrogen and oxygen atoms in total. The fraction of sp³-hybridized carbons (Fsp3) is 0.579. The maximum absolute atomic E-state index is 13.7. The Kier molecular flexibility index (Phi) is 11.3. The van der Waals surface area contributed by atoms with E-state index < -0.39 is 11.6 Å². The average Bonchev–Trinajstić information content (AvgIpc) is 2.65. The highest BCUT2D eigenvalue weighted by atomic mass is 127. The van der Waals surface area contributed by atoms with Gasteiger partial charge in [-0.3, -0.25) is 14.7 Å². The number of amides is 1. The summed E-state index contributed by atoms with van der Waals surface area (Å²) in [5.41, 5.74) is 0.457. The molecule has 0 aromatic heterocycles. The fourth-order valence-electron chi connectivity index (χ4n) is 3.04. The van der Waals surface area contributed by atoms with E-state index in [0.29, 0.717) is 31.0 Å². The van der Waals surface area contributed by atoms with E-state index in [0.717, 1.165) is 38.5 Å². The van der Waals surface area contributed by atoms with E-state index >= 15 is 0 Å². The van der Waals surface area contributed by atoms with Gasteiger partial charge < -0.3 is 16.0 Å². The SMILES string of the molecule is CCNC(=NCCc1ccc(F)cc1F)NC1CCN(CC(=O)NC)CC1.I. The molecule has 0 spiro atoms.